The molecule has 0 saturated carbocycles. The first-order chi connectivity index (χ1) is 8.54. The Kier molecular flexibility index (Phi) is 4.58. The number of nitro groups is 1. The largest absolute Gasteiger partial charge is 0.345 e. The van der Waals surface area contributed by atoms with E-state index in [1.54, 1.807) is 0 Å². The summed E-state index contributed by atoms with van der Waals surface area (Å²) in [5.74, 6) is 5.11. The first-order valence-corrected chi connectivity index (χ1v) is 5.01. The van der Waals surface area contributed by atoms with Gasteiger partial charge in [-0.25, -0.2) is 0 Å². The van der Waals surface area contributed by atoms with Crippen LogP contribution in [0, 0.1) is 22.0 Å². The molecule has 6 nitrogen and oxygen atoms in total. The highest BCUT2D eigenvalue weighted by atomic mass is 16.6. The topological polar surface area (TPSA) is 89.3 Å². The van der Waals surface area contributed by atoms with E-state index in [-0.39, 0.29) is 23.7 Å². The molecule has 0 aliphatic heterocycles. The van der Waals surface area contributed by atoms with Crippen LogP contribution in [0.4, 0.5) is 5.69 Å². The fourth-order valence-corrected chi connectivity index (χ4v) is 1.18. The number of nitrogens with one attached hydrogen (secondary N) is 1. The molecule has 0 unspecified atom stereocenters. The van der Waals surface area contributed by atoms with Crippen molar-refractivity contribution in [1.82, 2.24) is 5.32 Å². The number of hydrogen-bond donors (Lipinski definition) is 1. The molecule has 92 valence electrons. The molecule has 1 amide bonds. The molecule has 0 aromatic heterocycles. The van der Waals surface area contributed by atoms with Crippen LogP contribution in [0.25, 0.3) is 0 Å². The molecule has 6 heteroatoms. The maximum Gasteiger partial charge on any atom is 0.270 e. The monoisotopic (exact) mass is 246 g/mol. The van der Waals surface area contributed by atoms with Gasteiger partial charge in [-0.15, -0.1) is 0 Å². The van der Waals surface area contributed by atoms with Gasteiger partial charge in [-0.3, -0.25) is 19.7 Å². The Balaban J connectivity index is 2.92. The quantitative estimate of drug-likeness (QED) is 0.371. The number of aldehydes is 1. The van der Waals surface area contributed by atoms with E-state index in [0.717, 1.165) is 6.07 Å². The average molecular weight is 246 g/mol. The van der Waals surface area contributed by atoms with Crippen LogP contribution in [0.15, 0.2) is 18.2 Å². The van der Waals surface area contributed by atoms with Crippen LogP contribution >= 0.6 is 0 Å². The summed E-state index contributed by atoms with van der Waals surface area (Å²) in [4.78, 5) is 31.3. The van der Waals surface area contributed by atoms with Crippen molar-refractivity contribution in [3.05, 3.63) is 39.4 Å². The summed E-state index contributed by atoms with van der Waals surface area (Å²) in [5, 5.41) is 13.0. The summed E-state index contributed by atoms with van der Waals surface area (Å²) in [7, 11) is 0. The molecule has 0 heterocycles. The van der Waals surface area contributed by atoms with E-state index >= 15 is 0 Å². The van der Waals surface area contributed by atoms with E-state index in [9.17, 15) is 19.7 Å². The molecule has 0 aliphatic rings. The summed E-state index contributed by atoms with van der Waals surface area (Å²) in [6.07, 6.45) is 0.509. The van der Waals surface area contributed by atoms with Gasteiger partial charge in [-0.1, -0.05) is 11.8 Å². The zero-order valence-electron chi connectivity index (χ0n) is 9.60. The molecule has 0 atom stereocenters. The van der Waals surface area contributed by atoms with Gasteiger partial charge in [-0.2, -0.15) is 0 Å². The Morgan fingerprint density at radius 3 is 2.83 bits per heavy atom. The van der Waals surface area contributed by atoms with E-state index in [0.29, 0.717) is 11.8 Å². The average Bonchev–Trinajstić information content (AvgIpc) is 2.34. The highest BCUT2D eigenvalue weighted by Crippen LogP contribution is 2.15. The second kappa shape index (κ2) is 6.15. The molecule has 0 spiro atoms. The molecular weight excluding hydrogens is 236 g/mol. The first-order valence-electron chi connectivity index (χ1n) is 5.01. The van der Waals surface area contributed by atoms with E-state index in [1.807, 2.05) is 0 Å². The second-order valence-corrected chi connectivity index (χ2v) is 3.36. The molecule has 0 aliphatic carbocycles. The van der Waals surface area contributed by atoms with Gasteiger partial charge in [0.15, 0.2) is 6.29 Å². The van der Waals surface area contributed by atoms with E-state index in [1.165, 1.54) is 19.1 Å². The Morgan fingerprint density at radius 2 is 2.28 bits per heavy atom. The highest BCUT2D eigenvalue weighted by Gasteiger charge is 2.08. The number of amides is 1. The molecule has 1 N–H and O–H groups in total. The van der Waals surface area contributed by atoms with Gasteiger partial charge in [-0.05, 0) is 6.07 Å². The van der Waals surface area contributed by atoms with Crippen molar-refractivity contribution >= 4 is 17.9 Å². The molecule has 1 aromatic carbocycles. The third kappa shape index (κ3) is 3.72. The van der Waals surface area contributed by atoms with Crippen LogP contribution in [0.5, 0.6) is 0 Å². The maximum atomic E-state index is 10.8. The molecule has 1 rings (SSSR count). The van der Waals surface area contributed by atoms with Crippen LogP contribution in [-0.2, 0) is 4.79 Å². The van der Waals surface area contributed by atoms with Crippen LogP contribution < -0.4 is 5.32 Å². The summed E-state index contributed by atoms with van der Waals surface area (Å²) >= 11 is 0. The lowest BCUT2D eigenvalue weighted by atomic mass is 10.1. The predicted octanol–water partition coefficient (Wildman–Crippen LogP) is 0.895. The van der Waals surface area contributed by atoms with Crippen LogP contribution in [0.1, 0.15) is 22.8 Å². The minimum atomic E-state index is -0.582. The lowest BCUT2D eigenvalue weighted by molar-refractivity contribution is -0.384. The third-order valence-corrected chi connectivity index (χ3v) is 2.02. The van der Waals surface area contributed by atoms with Crippen LogP contribution in [0.3, 0.4) is 0 Å². The normalized spacial score (nSPS) is 8.94. The van der Waals surface area contributed by atoms with Gasteiger partial charge >= 0.3 is 0 Å². The number of hydrogen-bond acceptors (Lipinski definition) is 4. The second-order valence-electron chi connectivity index (χ2n) is 3.36. The Morgan fingerprint density at radius 1 is 1.56 bits per heavy atom. The van der Waals surface area contributed by atoms with Crippen molar-refractivity contribution in [2.45, 2.75) is 6.92 Å². The zero-order valence-corrected chi connectivity index (χ0v) is 9.60. The Labute approximate surface area is 103 Å². The summed E-state index contributed by atoms with van der Waals surface area (Å²) < 4.78 is 0. The first kappa shape index (κ1) is 13.4. The number of non-ortho nitro benzene ring substituents is 1. The fourth-order valence-electron chi connectivity index (χ4n) is 1.18. The number of carbonyl (C=O) groups is 2. The van der Waals surface area contributed by atoms with Crippen LogP contribution in [-0.4, -0.2) is 23.7 Å². The van der Waals surface area contributed by atoms with Gasteiger partial charge < -0.3 is 5.32 Å². The minimum absolute atomic E-state index is 0.152. The summed E-state index contributed by atoms with van der Waals surface area (Å²) in [6.45, 7) is 1.52. The lowest BCUT2D eigenvalue weighted by Gasteiger charge is -1.97. The number of nitro benzene ring substituents is 1. The third-order valence-electron chi connectivity index (χ3n) is 2.02. The molecule has 0 radical (unpaired) electrons. The van der Waals surface area contributed by atoms with Crippen molar-refractivity contribution in [3.63, 3.8) is 0 Å². The van der Waals surface area contributed by atoms with Gasteiger partial charge in [0.2, 0.25) is 5.91 Å². The van der Waals surface area contributed by atoms with Gasteiger partial charge in [0.25, 0.3) is 5.69 Å². The summed E-state index contributed by atoms with van der Waals surface area (Å²) in [5.41, 5.74) is 0.380. The number of benzene rings is 1. The smallest absolute Gasteiger partial charge is 0.270 e. The zero-order chi connectivity index (χ0) is 13.5. The minimum Gasteiger partial charge on any atom is -0.345 e. The van der Waals surface area contributed by atoms with Crippen molar-refractivity contribution < 1.29 is 14.5 Å². The molecule has 0 bridgehead atoms. The van der Waals surface area contributed by atoms with E-state index < -0.39 is 4.92 Å². The number of rotatable bonds is 3. The highest BCUT2D eigenvalue weighted by molar-refractivity contribution is 5.80. The standard InChI is InChI=1S/C12H10N2O4/c1-9(16)13-6-2-3-10-4-5-12(14(17)18)7-11(10)8-15/h4-5,7-8H,6H2,1H3,(H,13,16). The van der Waals surface area contributed by atoms with Crippen molar-refractivity contribution in [3.8, 4) is 11.8 Å². The number of nitrogens with zero attached hydrogens (tertiary/aromatic N) is 1. The molecule has 18 heavy (non-hydrogen) atoms. The van der Waals surface area contributed by atoms with Gasteiger partial charge in [0, 0.05) is 30.2 Å². The Hall–Kier alpha value is -2.68. The number of carbonyl (C=O) groups excluding carboxylic acids is 2. The van der Waals surface area contributed by atoms with Crippen molar-refractivity contribution in [1.29, 1.82) is 0 Å². The van der Waals surface area contributed by atoms with Crippen molar-refractivity contribution in [2.24, 2.45) is 0 Å². The van der Waals surface area contributed by atoms with Gasteiger partial charge in [0.1, 0.15) is 0 Å². The van der Waals surface area contributed by atoms with E-state index in [2.05, 4.69) is 17.2 Å². The van der Waals surface area contributed by atoms with Crippen molar-refractivity contribution in [2.75, 3.05) is 6.54 Å². The molecule has 0 fully saturated rings. The molecule has 0 saturated heterocycles. The Bertz CT molecular complexity index is 555. The van der Waals surface area contributed by atoms with Gasteiger partial charge in [0.05, 0.1) is 11.5 Å². The predicted molar refractivity (Wildman–Crippen MR) is 64.0 cm³/mol. The fraction of sp³-hybridized carbons (Fsp3) is 0.167. The molecule has 1 aromatic rings. The van der Waals surface area contributed by atoms with E-state index in [4.69, 9.17) is 0 Å². The lowest BCUT2D eigenvalue weighted by Crippen LogP contribution is -2.19. The maximum absolute atomic E-state index is 10.8. The SMILES string of the molecule is CC(=O)NCC#Cc1ccc([N+](=O)[O-])cc1C=O. The molecular formula is C12H10N2O4. The summed E-state index contributed by atoms with van der Waals surface area (Å²) in [6, 6.07) is 3.84. The van der Waals surface area contributed by atoms with Crippen LogP contribution in [0.2, 0.25) is 0 Å².